The average molecular weight is 149 g/mol. The summed E-state index contributed by atoms with van der Waals surface area (Å²) in [4.78, 5) is 0. The van der Waals surface area contributed by atoms with Crippen molar-refractivity contribution in [1.29, 1.82) is 0 Å². The topological polar surface area (TPSA) is 19.9 Å². The fourth-order valence-electron chi connectivity index (χ4n) is 1.15. The molecule has 1 aromatic carbocycles. The molecule has 0 amide bonds. The van der Waals surface area contributed by atoms with Crippen molar-refractivity contribution in [1.82, 2.24) is 0 Å². The van der Waals surface area contributed by atoms with Crippen LogP contribution in [0, 0.1) is 6.92 Å². The normalized spacial score (nSPS) is 10.0. The van der Waals surface area contributed by atoms with E-state index < -0.39 is 0 Å². The van der Waals surface area contributed by atoms with Crippen molar-refractivity contribution < 1.29 is 5.11 Å². The Kier molecular flexibility index (Phi) is 3.12. The predicted octanol–water partition coefficient (Wildman–Crippen LogP) is 2.36. The molecule has 0 bridgehead atoms. The fourth-order valence-corrected chi connectivity index (χ4v) is 1.15. The van der Waals surface area contributed by atoms with Crippen LogP contribution in [-0.2, 0) is 11.5 Å². The molecular weight excluding hydrogens is 136 g/mol. The second-order valence-electron chi connectivity index (χ2n) is 2.73. The molecule has 0 atom stereocenters. The van der Waals surface area contributed by atoms with E-state index in [-0.39, 0.29) is 6.61 Å². The monoisotopic (exact) mass is 149 g/mol. The molecule has 0 heterocycles. The molecule has 0 aromatic heterocycles. The van der Waals surface area contributed by atoms with E-state index in [1.807, 2.05) is 12.1 Å². The highest BCUT2D eigenvalue weighted by atomic mass is 16.2. The summed E-state index contributed by atoms with van der Waals surface area (Å²) in [6, 6.07) is 8.22. The summed E-state index contributed by atoms with van der Waals surface area (Å²) in [5.41, 5.74) is 2.60. The summed E-state index contributed by atoms with van der Waals surface area (Å²) in [5, 5.41) is 10.2. The van der Waals surface area contributed by atoms with E-state index in [9.17, 15) is 5.11 Å². The second-order valence-corrected chi connectivity index (χ2v) is 2.73. The first kappa shape index (κ1) is 8.28. The fraction of sp³-hybridized carbons (Fsp3) is 0.400. The van der Waals surface area contributed by atoms with E-state index in [1.54, 1.807) is 0 Å². The molecule has 0 aliphatic carbocycles. The Morgan fingerprint density at radius 3 is 2.64 bits per heavy atom. The molecule has 0 aliphatic rings. The van der Waals surface area contributed by atoms with Crippen molar-refractivity contribution in [3.63, 3.8) is 0 Å². The lowest BCUT2D eigenvalue weighted by molar-refractivity contribution is 0.189. The summed E-state index contributed by atoms with van der Waals surface area (Å²) in [7, 11) is 0. The number of hydrogen-bond acceptors (Lipinski definition) is 0. The van der Waals surface area contributed by atoms with Crippen LogP contribution in [0.3, 0.4) is 0 Å². The molecule has 0 spiro atoms. The van der Waals surface area contributed by atoms with E-state index >= 15 is 0 Å². The highest BCUT2D eigenvalue weighted by Gasteiger charge is 1.94. The molecule has 0 saturated heterocycles. The van der Waals surface area contributed by atoms with E-state index in [2.05, 4.69) is 19.1 Å². The molecule has 1 radical (unpaired) electrons. The summed E-state index contributed by atoms with van der Waals surface area (Å²) in [6.07, 6.45) is 1.68. The second kappa shape index (κ2) is 4.14. The molecule has 0 saturated carbocycles. The molecule has 1 heteroatoms. The molecular formula is C10H13O. The van der Waals surface area contributed by atoms with Gasteiger partial charge in [0.1, 0.15) is 0 Å². The molecule has 11 heavy (non-hydrogen) atoms. The van der Waals surface area contributed by atoms with Gasteiger partial charge in [-0.3, -0.25) is 0 Å². The van der Waals surface area contributed by atoms with Gasteiger partial charge >= 0.3 is 0 Å². The van der Waals surface area contributed by atoms with Crippen molar-refractivity contribution in [2.75, 3.05) is 6.61 Å². The van der Waals surface area contributed by atoms with E-state index in [4.69, 9.17) is 0 Å². The molecule has 1 nitrogen and oxygen atoms in total. The Bertz CT molecular complexity index is 218. The molecule has 0 unspecified atom stereocenters. The Morgan fingerprint density at radius 2 is 2.00 bits per heavy atom. The van der Waals surface area contributed by atoms with Gasteiger partial charge in [0.2, 0.25) is 0 Å². The van der Waals surface area contributed by atoms with Gasteiger partial charge in [0, 0.05) is 0 Å². The van der Waals surface area contributed by atoms with E-state index in [0.29, 0.717) is 0 Å². The first-order valence-corrected chi connectivity index (χ1v) is 3.97. The van der Waals surface area contributed by atoms with Crippen LogP contribution in [0.15, 0.2) is 24.3 Å². The van der Waals surface area contributed by atoms with Gasteiger partial charge in [0.25, 0.3) is 0 Å². The Labute approximate surface area is 67.7 Å². The zero-order chi connectivity index (χ0) is 8.10. The molecule has 59 valence electrons. The first-order valence-electron chi connectivity index (χ1n) is 3.97. The third-order valence-electron chi connectivity index (χ3n) is 1.85. The van der Waals surface area contributed by atoms with Gasteiger partial charge in [0.15, 0.2) is 0 Å². The summed E-state index contributed by atoms with van der Waals surface area (Å²) < 4.78 is 0. The van der Waals surface area contributed by atoms with Gasteiger partial charge in [-0.1, -0.05) is 24.3 Å². The van der Waals surface area contributed by atoms with Crippen molar-refractivity contribution in [3.05, 3.63) is 35.4 Å². The third kappa shape index (κ3) is 2.35. The third-order valence-corrected chi connectivity index (χ3v) is 1.85. The van der Waals surface area contributed by atoms with Crippen LogP contribution in [0.25, 0.3) is 0 Å². The predicted molar refractivity (Wildman–Crippen MR) is 45.1 cm³/mol. The lowest BCUT2D eigenvalue weighted by Crippen LogP contribution is -1.90. The van der Waals surface area contributed by atoms with Gasteiger partial charge in [-0.2, -0.15) is 0 Å². The van der Waals surface area contributed by atoms with E-state index in [0.717, 1.165) is 12.8 Å². The van der Waals surface area contributed by atoms with Gasteiger partial charge in [0.05, 0.1) is 6.61 Å². The zero-order valence-electron chi connectivity index (χ0n) is 6.84. The largest absolute Gasteiger partial charge is 0.237 e. The maximum Gasteiger partial charge on any atom is 0.0825 e. The maximum atomic E-state index is 10.2. The Morgan fingerprint density at radius 1 is 1.27 bits per heavy atom. The summed E-state index contributed by atoms with van der Waals surface area (Å²) in [5.74, 6) is 0. The highest BCUT2D eigenvalue weighted by molar-refractivity contribution is 5.25. The highest BCUT2D eigenvalue weighted by Crippen LogP contribution is 2.08. The van der Waals surface area contributed by atoms with Crippen molar-refractivity contribution >= 4 is 0 Å². The van der Waals surface area contributed by atoms with Gasteiger partial charge in [-0.05, 0) is 30.9 Å². The molecule has 0 fully saturated rings. The Hall–Kier alpha value is -0.820. The molecule has 0 N–H and O–H groups in total. The van der Waals surface area contributed by atoms with Gasteiger partial charge in [-0.25, -0.2) is 5.11 Å². The van der Waals surface area contributed by atoms with Crippen LogP contribution in [-0.4, -0.2) is 6.61 Å². The minimum absolute atomic E-state index is 0.0360. The maximum absolute atomic E-state index is 10.2. The van der Waals surface area contributed by atoms with Crippen molar-refractivity contribution in [3.8, 4) is 0 Å². The van der Waals surface area contributed by atoms with E-state index in [1.165, 1.54) is 11.1 Å². The first-order chi connectivity index (χ1) is 5.34. The minimum Gasteiger partial charge on any atom is -0.237 e. The molecule has 1 aromatic rings. The van der Waals surface area contributed by atoms with Crippen LogP contribution in [0.2, 0.25) is 0 Å². The Balaban J connectivity index is 2.62. The number of benzene rings is 1. The number of hydrogen-bond donors (Lipinski definition) is 0. The lowest BCUT2D eigenvalue weighted by atomic mass is 10.0. The number of rotatable bonds is 3. The van der Waals surface area contributed by atoms with Crippen LogP contribution >= 0.6 is 0 Å². The van der Waals surface area contributed by atoms with Crippen molar-refractivity contribution in [2.24, 2.45) is 0 Å². The average Bonchev–Trinajstić information content (AvgIpc) is 2.03. The van der Waals surface area contributed by atoms with Crippen LogP contribution in [0.4, 0.5) is 0 Å². The van der Waals surface area contributed by atoms with Crippen LogP contribution in [0.5, 0.6) is 0 Å². The zero-order valence-corrected chi connectivity index (χ0v) is 6.84. The van der Waals surface area contributed by atoms with Gasteiger partial charge < -0.3 is 0 Å². The standard InChI is InChI=1S/C10H13O/c1-9-5-2-3-6-10(9)7-4-8-11/h2-3,5-6H,4,7-8H2,1H3. The lowest BCUT2D eigenvalue weighted by Gasteiger charge is -2.01. The smallest absolute Gasteiger partial charge is 0.0825 e. The number of aryl methyl sites for hydroxylation is 2. The quantitative estimate of drug-likeness (QED) is 0.628. The SMILES string of the molecule is Cc1ccccc1CCC[O]. The summed E-state index contributed by atoms with van der Waals surface area (Å²) >= 11 is 0. The molecule has 1 rings (SSSR count). The van der Waals surface area contributed by atoms with Crippen LogP contribution in [0.1, 0.15) is 17.5 Å². The molecule has 0 aliphatic heterocycles. The van der Waals surface area contributed by atoms with Crippen LogP contribution < -0.4 is 0 Å². The summed E-state index contributed by atoms with van der Waals surface area (Å²) in [6.45, 7) is 2.12. The minimum atomic E-state index is 0.0360. The van der Waals surface area contributed by atoms with Crippen molar-refractivity contribution in [2.45, 2.75) is 19.8 Å². The van der Waals surface area contributed by atoms with Gasteiger partial charge in [-0.15, -0.1) is 0 Å².